The van der Waals surface area contributed by atoms with Gasteiger partial charge in [0.25, 0.3) is 6.43 Å². The van der Waals surface area contributed by atoms with Crippen molar-refractivity contribution in [3.05, 3.63) is 41.3 Å². The zero-order valence-electron chi connectivity index (χ0n) is 18.2. The van der Waals surface area contributed by atoms with Gasteiger partial charge in [-0.15, -0.1) is 11.8 Å². The van der Waals surface area contributed by atoms with E-state index in [1.165, 1.54) is 23.6 Å². The highest BCUT2D eigenvalue weighted by Gasteiger charge is 2.22. The lowest BCUT2D eigenvalue weighted by molar-refractivity contribution is 0.0968. The number of anilines is 2. The first-order valence-electron chi connectivity index (χ1n) is 10.3. The third kappa shape index (κ3) is 7.38. The molecule has 11 heteroatoms. The fourth-order valence-corrected chi connectivity index (χ4v) is 5.58. The van der Waals surface area contributed by atoms with E-state index in [9.17, 15) is 8.78 Å². The van der Waals surface area contributed by atoms with Crippen LogP contribution in [0.25, 0.3) is 11.2 Å². The van der Waals surface area contributed by atoms with E-state index in [1.807, 2.05) is 66.4 Å². The van der Waals surface area contributed by atoms with Crippen LogP contribution in [0.5, 0.6) is 0 Å². The lowest BCUT2D eigenvalue weighted by Gasteiger charge is -2.11. The predicted molar refractivity (Wildman–Crippen MR) is 143 cm³/mol. The number of hydrogen-bond acceptors (Lipinski definition) is 5. The third-order valence-electron chi connectivity index (χ3n) is 4.34. The normalized spacial score (nSPS) is 13.6. The van der Waals surface area contributed by atoms with Crippen LogP contribution in [0.3, 0.4) is 0 Å². The number of nitrogens with one attached hydrogen (secondary N) is 1. The molecule has 3 heterocycles. The SMILES string of the molecule is C1CCOCC1.CC.CSc1ccccc1Nc1cc(Cl)nc2c1nc(C(F)F)n2PI. The zero-order valence-corrected chi connectivity index (χ0v) is 22.9. The van der Waals surface area contributed by atoms with E-state index < -0.39 is 6.43 Å². The summed E-state index contributed by atoms with van der Waals surface area (Å²) in [6.07, 6.45) is 3.27. The van der Waals surface area contributed by atoms with Gasteiger partial charge in [0.15, 0.2) is 11.5 Å². The lowest BCUT2D eigenvalue weighted by atomic mass is 10.2. The second-order valence-electron chi connectivity index (χ2n) is 6.35. The number of hydrogen-bond donors (Lipinski definition) is 1. The van der Waals surface area contributed by atoms with Gasteiger partial charge in [-0.25, -0.2) is 18.7 Å². The van der Waals surface area contributed by atoms with E-state index >= 15 is 0 Å². The molecule has 0 aliphatic carbocycles. The van der Waals surface area contributed by atoms with Crippen molar-refractivity contribution in [3.63, 3.8) is 0 Å². The maximum Gasteiger partial charge on any atom is 0.295 e. The van der Waals surface area contributed by atoms with Crippen molar-refractivity contribution in [3.8, 4) is 0 Å². The Morgan fingerprint density at radius 3 is 2.38 bits per heavy atom. The Hall–Kier alpha value is -0.740. The summed E-state index contributed by atoms with van der Waals surface area (Å²) in [5, 5.41) is 3.47. The summed E-state index contributed by atoms with van der Waals surface area (Å²) >= 11 is 9.71. The molecular weight excluding hydrogens is 588 g/mol. The minimum atomic E-state index is -2.67. The number of aromatic nitrogens is 3. The maximum atomic E-state index is 13.3. The summed E-state index contributed by atoms with van der Waals surface area (Å²) in [6.45, 7) is 6.00. The van der Waals surface area contributed by atoms with Crippen LogP contribution >= 0.6 is 51.8 Å². The van der Waals surface area contributed by atoms with E-state index in [0.717, 1.165) is 23.8 Å². The molecule has 1 atom stereocenters. The number of ether oxygens (including phenoxy) is 1. The standard InChI is InChI=1S/C14H11ClF2IN4PS.C5H10O.C2H6/c1-24-9-5-3-2-4-7(9)19-8-6-10(15)20-13-11(8)21-14(12(16)17)22(13)23-18;1-2-4-6-5-3-1;1-2/h2-6,12,23H,1H3,(H,19,20);1-5H2;1-2H3. The van der Waals surface area contributed by atoms with Crippen molar-refractivity contribution in [1.29, 1.82) is 0 Å². The number of halogens is 4. The highest BCUT2D eigenvalue weighted by molar-refractivity contribution is 14.2. The molecule has 3 aromatic rings. The largest absolute Gasteiger partial charge is 0.381 e. The summed E-state index contributed by atoms with van der Waals surface area (Å²) < 4.78 is 33.0. The van der Waals surface area contributed by atoms with Gasteiger partial charge in [0.1, 0.15) is 10.7 Å². The van der Waals surface area contributed by atoms with Gasteiger partial charge in [0.05, 0.1) is 17.7 Å². The molecule has 4 rings (SSSR count). The van der Waals surface area contributed by atoms with Gasteiger partial charge in [-0.1, -0.05) is 37.6 Å². The smallest absolute Gasteiger partial charge is 0.295 e. The van der Waals surface area contributed by atoms with Crippen molar-refractivity contribution in [2.24, 2.45) is 0 Å². The number of pyridine rings is 1. The maximum absolute atomic E-state index is 13.3. The second kappa shape index (κ2) is 14.5. The Morgan fingerprint density at radius 1 is 1.16 bits per heavy atom. The highest BCUT2D eigenvalue weighted by atomic mass is 127. The van der Waals surface area contributed by atoms with Crippen LogP contribution in [-0.2, 0) is 4.74 Å². The minimum Gasteiger partial charge on any atom is -0.381 e. The topological polar surface area (TPSA) is 52.0 Å². The number of benzene rings is 1. The van der Waals surface area contributed by atoms with E-state index in [4.69, 9.17) is 16.3 Å². The molecule has 5 nitrogen and oxygen atoms in total. The van der Waals surface area contributed by atoms with Crippen molar-refractivity contribution in [2.45, 2.75) is 44.4 Å². The number of alkyl halides is 2. The third-order valence-corrected chi connectivity index (χ3v) is 7.39. The second-order valence-corrected chi connectivity index (χ2v) is 9.65. The highest BCUT2D eigenvalue weighted by Crippen LogP contribution is 2.39. The Balaban J connectivity index is 0.000000387. The molecule has 0 amide bonds. The van der Waals surface area contributed by atoms with Crippen LogP contribution in [0.15, 0.2) is 35.2 Å². The van der Waals surface area contributed by atoms with Gasteiger partial charge in [0.2, 0.25) is 0 Å². The molecule has 0 radical (unpaired) electrons. The number of rotatable bonds is 5. The Bertz CT molecular complexity index is 980. The van der Waals surface area contributed by atoms with Crippen LogP contribution < -0.4 is 5.32 Å². The molecule has 0 spiro atoms. The molecule has 1 fully saturated rings. The van der Waals surface area contributed by atoms with Gasteiger partial charge in [0, 0.05) is 24.2 Å². The molecule has 2 aromatic heterocycles. The Kier molecular flexibility index (Phi) is 12.5. The number of para-hydroxylation sites is 1. The summed E-state index contributed by atoms with van der Waals surface area (Å²) in [6, 6.07) is 9.33. The predicted octanol–water partition coefficient (Wildman–Crippen LogP) is 8.49. The van der Waals surface area contributed by atoms with Crippen molar-refractivity contribution in [1.82, 2.24) is 14.3 Å². The molecular formula is C21H27ClF2IN4OPS. The molecule has 32 heavy (non-hydrogen) atoms. The van der Waals surface area contributed by atoms with Gasteiger partial charge in [-0.2, -0.15) is 0 Å². The first-order chi connectivity index (χ1) is 15.5. The van der Waals surface area contributed by atoms with Crippen molar-refractivity contribution < 1.29 is 13.5 Å². The molecule has 1 unspecified atom stereocenters. The van der Waals surface area contributed by atoms with Gasteiger partial charge in [-0.05, 0) is 59.7 Å². The van der Waals surface area contributed by atoms with Crippen LogP contribution in [0.2, 0.25) is 5.15 Å². The Morgan fingerprint density at radius 2 is 1.84 bits per heavy atom. The van der Waals surface area contributed by atoms with Crippen molar-refractivity contribution in [2.75, 3.05) is 24.8 Å². The molecule has 1 N–H and O–H groups in total. The fraction of sp³-hybridized carbons (Fsp3) is 0.429. The first-order valence-corrected chi connectivity index (χ1v) is 15.9. The van der Waals surface area contributed by atoms with Crippen LogP contribution in [0, 0.1) is 0 Å². The van der Waals surface area contributed by atoms with E-state index in [-0.39, 0.29) is 17.4 Å². The van der Waals surface area contributed by atoms with Crippen molar-refractivity contribution >= 4 is 74.3 Å². The zero-order chi connectivity index (χ0) is 23.5. The van der Waals surface area contributed by atoms with E-state index in [2.05, 4.69) is 15.3 Å². The van der Waals surface area contributed by atoms with Gasteiger partial charge < -0.3 is 10.1 Å². The summed E-state index contributed by atoms with van der Waals surface area (Å²) in [5.74, 6) is -0.297. The van der Waals surface area contributed by atoms with Crippen LogP contribution in [-0.4, -0.2) is 33.8 Å². The first kappa shape index (κ1) is 27.5. The number of fused-ring (bicyclic) bond motifs is 1. The van der Waals surface area contributed by atoms with E-state index in [1.54, 1.807) is 17.8 Å². The molecule has 0 saturated carbocycles. The van der Waals surface area contributed by atoms with Crippen LogP contribution in [0.4, 0.5) is 20.2 Å². The number of imidazole rings is 1. The van der Waals surface area contributed by atoms with E-state index in [0.29, 0.717) is 16.9 Å². The molecule has 0 bridgehead atoms. The average Bonchev–Trinajstić information content (AvgIpc) is 3.21. The quantitative estimate of drug-likeness (QED) is 0.135. The monoisotopic (exact) mass is 614 g/mol. The minimum absolute atomic E-state index is 0.0494. The van der Waals surface area contributed by atoms with Gasteiger partial charge >= 0.3 is 0 Å². The average molecular weight is 615 g/mol. The Labute approximate surface area is 211 Å². The molecule has 1 aliphatic rings. The van der Waals surface area contributed by atoms with Crippen LogP contribution in [0.1, 0.15) is 45.4 Å². The fourth-order valence-electron chi connectivity index (χ4n) is 2.94. The molecule has 176 valence electrons. The van der Waals surface area contributed by atoms with Gasteiger partial charge in [-0.3, -0.25) is 4.34 Å². The molecule has 1 aromatic carbocycles. The number of nitrogens with zero attached hydrogens (tertiary/aromatic N) is 3. The number of thioether (sulfide) groups is 1. The summed E-state index contributed by atoms with van der Waals surface area (Å²) in [5.41, 5.74) is 2.16. The molecule has 1 aliphatic heterocycles. The lowest BCUT2D eigenvalue weighted by Crippen LogP contribution is -2.03. The molecule has 1 saturated heterocycles. The summed E-state index contributed by atoms with van der Waals surface area (Å²) in [7, 11) is 0. The summed E-state index contributed by atoms with van der Waals surface area (Å²) in [4.78, 5) is 9.31.